The predicted molar refractivity (Wildman–Crippen MR) is 110 cm³/mol. The Kier molecular flexibility index (Phi) is 7.20. The fraction of sp³-hybridized carbons (Fsp3) is 0.300. The summed E-state index contributed by atoms with van der Waals surface area (Å²) in [6, 6.07) is 13.4. The number of aryl methyl sites for hydroxylation is 1. The summed E-state index contributed by atoms with van der Waals surface area (Å²) >= 11 is 1.24. The zero-order chi connectivity index (χ0) is 20.6. The molecule has 0 saturated heterocycles. The van der Waals surface area contributed by atoms with Gasteiger partial charge in [-0.2, -0.15) is 0 Å². The van der Waals surface area contributed by atoms with E-state index in [1.165, 1.54) is 11.8 Å². The molecule has 0 radical (unpaired) electrons. The molecule has 0 aliphatic rings. The van der Waals surface area contributed by atoms with E-state index in [2.05, 4.69) is 15.5 Å². The zero-order valence-corrected chi connectivity index (χ0v) is 17.2. The van der Waals surface area contributed by atoms with Gasteiger partial charge in [0.15, 0.2) is 5.16 Å². The smallest absolute Gasteiger partial charge is 0.274 e. The molecular weight excluding hydrogens is 390 g/mol. The summed E-state index contributed by atoms with van der Waals surface area (Å²) in [5.41, 5.74) is 1.55. The normalized spacial score (nSPS) is 10.8. The Bertz CT molecular complexity index is 968. The van der Waals surface area contributed by atoms with Crippen LogP contribution in [0.1, 0.15) is 21.9 Å². The SMILES string of the molecule is COCCn1c(Cc2ccccc2)nnc1SCC(=O)NC(=O)c1cccn1C. The molecule has 0 bridgehead atoms. The molecule has 8 nitrogen and oxygen atoms in total. The molecule has 0 fully saturated rings. The first-order valence-corrected chi connectivity index (χ1v) is 10.1. The lowest BCUT2D eigenvalue weighted by Gasteiger charge is -2.10. The Morgan fingerprint density at radius 1 is 1.14 bits per heavy atom. The minimum Gasteiger partial charge on any atom is -0.383 e. The largest absolute Gasteiger partial charge is 0.383 e. The van der Waals surface area contributed by atoms with Crippen molar-refractivity contribution < 1.29 is 14.3 Å². The number of imide groups is 1. The first-order chi connectivity index (χ1) is 14.1. The third-order valence-electron chi connectivity index (χ3n) is 4.28. The number of thioether (sulfide) groups is 1. The fourth-order valence-corrected chi connectivity index (χ4v) is 3.58. The molecule has 3 rings (SSSR count). The number of amides is 2. The Balaban J connectivity index is 1.64. The van der Waals surface area contributed by atoms with Gasteiger partial charge in [0.2, 0.25) is 5.91 Å². The van der Waals surface area contributed by atoms with E-state index in [0.717, 1.165) is 11.4 Å². The molecule has 2 aromatic heterocycles. The molecule has 1 N–H and O–H groups in total. The number of nitrogens with zero attached hydrogens (tertiary/aromatic N) is 4. The van der Waals surface area contributed by atoms with Crippen LogP contribution in [0.15, 0.2) is 53.8 Å². The highest BCUT2D eigenvalue weighted by Crippen LogP contribution is 2.19. The highest BCUT2D eigenvalue weighted by atomic mass is 32.2. The lowest BCUT2D eigenvalue weighted by atomic mass is 10.1. The van der Waals surface area contributed by atoms with Crippen LogP contribution in [0.25, 0.3) is 0 Å². The molecule has 0 saturated carbocycles. The van der Waals surface area contributed by atoms with Crippen LogP contribution in [0.5, 0.6) is 0 Å². The van der Waals surface area contributed by atoms with E-state index in [1.807, 2.05) is 34.9 Å². The molecule has 1 aromatic carbocycles. The van der Waals surface area contributed by atoms with Gasteiger partial charge in [-0.15, -0.1) is 10.2 Å². The van der Waals surface area contributed by atoms with Crippen molar-refractivity contribution in [3.63, 3.8) is 0 Å². The van der Waals surface area contributed by atoms with Crippen LogP contribution in [-0.2, 0) is 29.5 Å². The number of carbonyl (C=O) groups excluding carboxylic acids is 2. The molecule has 0 atom stereocenters. The van der Waals surface area contributed by atoms with Gasteiger partial charge in [0.1, 0.15) is 11.5 Å². The Morgan fingerprint density at radius 3 is 2.62 bits per heavy atom. The number of hydrogen-bond donors (Lipinski definition) is 1. The molecule has 2 amide bonds. The van der Waals surface area contributed by atoms with Crippen molar-refractivity contribution in [1.82, 2.24) is 24.6 Å². The van der Waals surface area contributed by atoms with Crippen LogP contribution < -0.4 is 5.32 Å². The molecule has 0 spiro atoms. The molecule has 2 heterocycles. The van der Waals surface area contributed by atoms with Crippen LogP contribution in [-0.4, -0.2) is 50.6 Å². The summed E-state index contributed by atoms with van der Waals surface area (Å²) in [6.07, 6.45) is 2.39. The van der Waals surface area contributed by atoms with Gasteiger partial charge < -0.3 is 13.9 Å². The van der Waals surface area contributed by atoms with Crippen molar-refractivity contribution in [2.24, 2.45) is 7.05 Å². The monoisotopic (exact) mass is 413 g/mol. The predicted octanol–water partition coefficient (Wildman–Crippen LogP) is 1.90. The van der Waals surface area contributed by atoms with E-state index in [0.29, 0.717) is 30.4 Å². The van der Waals surface area contributed by atoms with Crippen molar-refractivity contribution in [1.29, 1.82) is 0 Å². The van der Waals surface area contributed by atoms with E-state index in [9.17, 15) is 9.59 Å². The van der Waals surface area contributed by atoms with Gasteiger partial charge in [-0.05, 0) is 17.7 Å². The van der Waals surface area contributed by atoms with Crippen LogP contribution in [0, 0.1) is 0 Å². The van der Waals surface area contributed by atoms with Crippen LogP contribution >= 0.6 is 11.8 Å². The topological polar surface area (TPSA) is 91.0 Å². The van der Waals surface area contributed by atoms with E-state index in [1.54, 1.807) is 37.1 Å². The van der Waals surface area contributed by atoms with E-state index in [-0.39, 0.29) is 11.7 Å². The second-order valence-corrected chi connectivity index (χ2v) is 7.32. The maximum absolute atomic E-state index is 12.2. The fourth-order valence-electron chi connectivity index (χ4n) is 2.80. The summed E-state index contributed by atoms with van der Waals surface area (Å²) in [6.45, 7) is 1.09. The van der Waals surface area contributed by atoms with Gasteiger partial charge in [0.25, 0.3) is 5.91 Å². The van der Waals surface area contributed by atoms with Crippen LogP contribution in [0.3, 0.4) is 0 Å². The zero-order valence-electron chi connectivity index (χ0n) is 16.4. The minimum atomic E-state index is -0.422. The number of aromatic nitrogens is 4. The van der Waals surface area contributed by atoms with Gasteiger partial charge >= 0.3 is 0 Å². The number of methoxy groups -OCH3 is 1. The number of hydrogen-bond acceptors (Lipinski definition) is 6. The lowest BCUT2D eigenvalue weighted by molar-refractivity contribution is -0.117. The molecule has 0 aliphatic carbocycles. The number of nitrogens with one attached hydrogen (secondary N) is 1. The van der Waals surface area contributed by atoms with Gasteiger partial charge in [-0.3, -0.25) is 14.9 Å². The average Bonchev–Trinajstić information content (AvgIpc) is 3.31. The highest BCUT2D eigenvalue weighted by Gasteiger charge is 2.17. The van der Waals surface area contributed by atoms with Gasteiger partial charge in [-0.1, -0.05) is 42.1 Å². The van der Waals surface area contributed by atoms with E-state index in [4.69, 9.17) is 4.74 Å². The quantitative estimate of drug-likeness (QED) is 0.539. The third-order valence-corrected chi connectivity index (χ3v) is 5.25. The van der Waals surface area contributed by atoms with Crippen LogP contribution in [0.2, 0.25) is 0 Å². The van der Waals surface area contributed by atoms with Gasteiger partial charge in [-0.25, -0.2) is 0 Å². The number of carbonyl (C=O) groups is 2. The first kappa shape index (κ1) is 20.8. The molecule has 29 heavy (non-hydrogen) atoms. The van der Waals surface area contributed by atoms with Gasteiger partial charge in [0.05, 0.1) is 12.4 Å². The van der Waals surface area contributed by atoms with Crippen LogP contribution in [0.4, 0.5) is 0 Å². The minimum absolute atomic E-state index is 0.0621. The maximum Gasteiger partial charge on any atom is 0.274 e. The second kappa shape index (κ2) is 10.0. The van der Waals surface area contributed by atoms with Crippen molar-refractivity contribution in [2.45, 2.75) is 18.1 Å². The van der Waals surface area contributed by atoms with E-state index < -0.39 is 5.91 Å². The molecule has 3 aromatic rings. The summed E-state index contributed by atoms with van der Waals surface area (Å²) in [5.74, 6) is 0.0592. The van der Waals surface area contributed by atoms with Gasteiger partial charge in [0, 0.05) is 33.3 Å². The lowest BCUT2D eigenvalue weighted by Crippen LogP contribution is -2.33. The molecular formula is C20H23N5O3S. The number of rotatable bonds is 9. The van der Waals surface area contributed by atoms with Crippen molar-refractivity contribution in [3.05, 3.63) is 65.7 Å². The standard InChI is InChI=1S/C20H23N5O3S/c1-24-10-6-9-16(24)19(27)21-18(26)14-29-20-23-22-17(25(20)11-12-28-2)13-15-7-4-3-5-8-15/h3-10H,11-14H2,1-2H3,(H,21,26,27). The third kappa shape index (κ3) is 5.55. The first-order valence-electron chi connectivity index (χ1n) is 9.11. The Labute approximate surface area is 173 Å². The number of benzene rings is 1. The summed E-state index contributed by atoms with van der Waals surface area (Å²) in [7, 11) is 3.39. The second-order valence-electron chi connectivity index (χ2n) is 6.38. The van der Waals surface area contributed by atoms with Crippen molar-refractivity contribution >= 4 is 23.6 Å². The molecule has 0 aliphatic heterocycles. The summed E-state index contributed by atoms with van der Waals surface area (Å²) in [4.78, 5) is 24.4. The Hall–Kier alpha value is -2.91. The Morgan fingerprint density at radius 2 is 1.93 bits per heavy atom. The molecule has 9 heteroatoms. The summed E-state index contributed by atoms with van der Waals surface area (Å²) in [5, 5.41) is 11.5. The van der Waals surface area contributed by atoms with Crippen molar-refractivity contribution in [2.75, 3.05) is 19.5 Å². The highest BCUT2D eigenvalue weighted by molar-refractivity contribution is 7.99. The van der Waals surface area contributed by atoms with Crippen molar-refractivity contribution in [3.8, 4) is 0 Å². The summed E-state index contributed by atoms with van der Waals surface area (Å²) < 4.78 is 8.81. The maximum atomic E-state index is 12.2. The molecule has 0 unspecified atom stereocenters. The number of ether oxygens (including phenoxy) is 1. The molecule has 152 valence electrons. The average molecular weight is 414 g/mol. The van der Waals surface area contributed by atoms with E-state index >= 15 is 0 Å².